The van der Waals surface area contributed by atoms with E-state index in [1.165, 1.54) is 6.07 Å². The van der Waals surface area contributed by atoms with Crippen molar-refractivity contribution in [3.63, 3.8) is 0 Å². The number of ether oxygens (including phenoxy) is 1. The van der Waals surface area contributed by atoms with Gasteiger partial charge in [-0.3, -0.25) is 0 Å². The van der Waals surface area contributed by atoms with E-state index < -0.39 is 17.3 Å². The molecule has 1 saturated heterocycles. The fourth-order valence-corrected chi connectivity index (χ4v) is 3.17. The molecule has 0 N–H and O–H groups in total. The van der Waals surface area contributed by atoms with Crippen LogP contribution in [-0.2, 0) is 18.0 Å². The van der Waals surface area contributed by atoms with E-state index in [1.807, 2.05) is 4.90 Å². The summed E-state index contributed by atoms with van der Waals surface area (Å²) in [5.74, 6) is 0.495. The maximum Gasteiger partial charge on any atom is 0.418 e. The van der Waals surface area contributed by atoms with Crippen LogP contribution in [0, 0.1) is 0 Å². The predicted octanol–water partition coefficient (Wildman–Crippen LogP) is 3.65. The van der Waals surface area contributed by atoms with Crippen molar-refractivity contribution in [1.29, 1.82) is 0 Å². The van der Waals surface area contributed by atoms with Crippen LogP contribution in [0.2, 0.25) is 0 Å². The molecule has 1 aliphatic heterocycles. The fourth-order valence-electron chi connectivity index (χ4n) is 3.17. The molecule has 0 bridgehead atoms. The van der Waals surface area contributed by atoms with Gasteiger partial charge >= 0.3 is 12.3 Å². The van der Waals surface area contributed by atoms with Crippen LogP contribution in [0.25, 0.3) is 10.9 Å². The monoisotopic (exact) mass is 384 g/mol. The van der Waals surface area contributed by atoms with Crippen molar-refractivity contribution in [1.82, 2.24) is 14.5 Å². The molecule has 6 nitrogen and oxygen atoms in total. The Kier molecular flexibility index (Phi) is 4.73. The van der Waals surface area contributed by atoms with Gasteiger partial charge in [-0.25, -0.2) is 9.78 Å². The lowest BCUT2D eigenvalue weighted by Gasteiger charge is -2.36. The van der Waals surface area contributed by atoms with E-state index in [-0.39, 0.29) is 11.5 Å². The van der Waals surface area contributed by atoms with Gasteiger partial charge in [0.05, 0.1) is 11.1 Å². The SMILES string of the molecule is Cn1ccc2c(C(F)(F)F)cnc(N3CCN(C(=O)OC(C)(C)C)CC3)c21. The molecule has 1 amide bonds. The van der Waals surface area contributed by atoms with E-state index >= 15 is 0 Å². The molecule has 2 aromatic rings. The zero-order valence-corrected chi connectivity index (χ0v) is 15.8. The van der Waals surface area contributed by atoms with Crippen molar-refractivity contribution in [3.05, 3.63) is 24.0 Å². The van der Waals surface area contributed by atoms with E-state index in [2.05, 4.69) is 4.98 Å². The Balaban J connectivity index is 1.82. The zero-order valence-electron chi connectivity index (χ0n) is 15.8. The summed E-state index contributed by atoms with van der Waals surface area (Å²) < 4.78 is 46.8. The maximum absolute atomic E-state index is 13.3. The van der Waals surface area contributed by atoms with Gasteiger partial charge in [0.15, 0.2) is 5.82 Å². The Morgan fingerprint density at radius 3 is 2.33 bits per heavy atom. The van der Waals surface area contributed by atoms with Crippen LogP contribution in [0.15, 0.2) is 18.5 Å². The normalized spacial score (nSPS) is 16.1. The third-order valence-electron chi connectivity index (χ3n) is 4.43. The lowest BCUT2D eigenvalue weighted by Crippen LogP contribution is -2.50. The molecule has 9 heteroatoms. The Labute approximate surface area is 155 Å². The third-order valence-corrected chi connectivity index (χ3v) is 4.43. The van der Waals surface area contributed by atoms with E-state index in [1.54, 1.807) is 43.5 Å². The molecule has 27 heavy (non-hydrogen) atoms. The summed E-state index contributed by atoms with van der Waals surface area (Å²) in [5, 5.41) is 0.129. The molecule has 0 unspecified atom stereocenters. The van der Waals surface area contributed by atoms with Gasteiger partial charge in [-0.2, -0.15) is 13.2 Å². The van der Waals surface area contributed by atoms with Crippen LogP contribution < -0.4 is 4.90 Å². The summed E-state index contributed by atoms with van der Waals surface area (Å²) >= 11 is 0. The molecule has 1 aliphatic rings. The zero-order chi connectivity index (χ0) is 20.0. The smallest absolute Gasteiger partial charge is 0.418 e. The molecular weight excluding hydrogens is 361 g/mol. The Bertz CT molecular complexity index is 847. The molecule has 0 aliphatic carbocycles. The van der Waals surface area contributed by atoms with Gasteiger partial charge in [-0.05, 0) is 26.8 Å². The molecule has 0 radical (unpaired) electrons. The number of carbonyl (C=O) groups excluding carboxylic acids is 1. The number of aromatic nitrogens is 2. The average molecular weight is 384 g/mol. The van der Waals surface area contributed by atoms with Crippen LogP contribution in [0.5, 0.6) is 0 Å². The molecule has 0 atom stereocenters. The number of nitrogens with zero attached hydrogens (tertiary/aromatic N) is 4. The highest BCUT2D eigenvalue weighted by atomic mass is 19.4. The van der Waals surface area contributed by atoms with E-state index in [0.717, 1.165) is 6.20 Å². The summed E-state index contributed by atoms with van der Waals surface area (Å²) in [6.07, 6.45) is -2.35. The molecule has 0 aromatic carbocycles. The first-order valence-corrected chi connectivity index (χ1v) is 8.71. The van der Waals surface area contributed by atoms with Gasteiger partial charge in [-0.15, -0.1) is 0 Å². The lowest BCUT2D eigenvalue weighted by atomic mass is 10.1. The number of pyridine rings is 1. The summed E-state index contributed by atoms with van der Waals surface area (Å²) in [7, 11) is 1.70. The minimum Gasteiger partial charge on any atom is -0.444 e. The third kappa shape index (κ3) is 3.96. The summed E-state index contributed by atoms with van der Waals surface area (Å²) in [4.78, 5) is 19.8. The number of hydrogen-bond donors (Lipinski definition) is 0. The Morgan fingerprint density at radius 2 is 1.78 bits per heavy atom. The number of anilines is 1. The van der Waals surface area contributed by atoms with Gasteiger partial charge in [0.1, 0.15) is 5.60 Å². The first-order chi connectivity index (χ1) is 12.5. The van der Waals surface area contributed by atoms with Crippen LogP contribution in [-0.4, -0.2) is 52.3 Å². The highest BCUT2D eigenvalue weighted by molar-refractivity contribution is 5.92. The van der Waals surface area contributed by atoms with Gasteiger partial charge in [-0.1, -0.05) is 0 Å². The van der Waals surface area contributed by atoms with Crippen molar-refractivity contribution < 1.29 is 22.7 Å². The van der Waals surface area contributed by atoms with Crippen LogP contribution >= 0.6 is 0 Å². The Morgan fingerprint density at radius 1 is 1.15 bits per heavy atom. The first kappa shape index (κ1) is 19.3. The largest absolute Gasteiger partial charge is 0.444 e. The lowest BCUT2D eigenvalue weighted by molar-refractivity contribution is -0.136. The van der Waals surface area contributed by atoms with E-state index in [4.69, 9.17) is 4.74 Å². The standard InChI is InChI=1S/C18H23F3N4O2/c1-17(2,3)27-16(26)25-9-7-24(8-10-25)15-14-12(5-6-23(14)4)13(11-22-15)18(19,20)21/h5-6,11H,7-10H2,1-4H3. The van der Waals surface area contributed by atoms with Crippen LogP contribution in [0.1, 0.15) is 26.3 Å². The molecule has 3 rings (SSSR count). The maximum atomic E-state index is 13.3. The van der Waals surface area contributed by atoms with Gasteiger partial charge in [0, 0.05) is 51.0 Å². The molecule has 0 spiro atoms. The fraction of sp³-hybridized carbons (Fsp3) is 0.556. The number of alkyl halides is 3. The van der Waals surface area contributed by atoms with Crippen molar-refractivity contribution in [2.24, 2.45) is 7.05 Å². The highest BCUT2D eigenvalue weighted by Crippen LogP contribution is 2.37. The summed E-state index contributed by atoms with van der Waals surface area (Å²) in [6.45, 7) is 7.20. The van der Waals surface area contributed by atoms with E-state index in [0.29, 0.717) is 37.5 Å². The van der Waals surface area contributed by atoms with Gasteiger partial charge in [0.2, 0.25) is 0 Å². The molecule has 2 aromatic heterocycles. The number of rotatable bonds is 1. The van der Waals surface area contributed by atoms with Gasteiger partial charge < -0.3 is 19.1 Å². The minimum absolute atomic E-state index is 0.129. The number of piperazine rings is 1. The number of aryl methyl sites for hydroxylation is 1. The molecule has 1 fully saturated rings. The summed E-state index contributed by atoms with van der Waals surface area (Å²) in [6, 6.07) is 1.46. The number of carbonyl (C=O) groups is 1. The number of halogens is 3. The topological polar surface area (TPSA) is 50.6 Å². The van der Waals surface area contributed by atoms with Crippen molar-refractivity contribution >= 4 is 22.8 Å². The van der Waals surface area contributed by atoms with Crippen molar-refractivity contribution in [2.45, 2.75) is 32.5 Å². The number of hydrogen-bond acceptors (Lipinski definition) is 4. The Hall–Kier alpha value is -2.45. The predicted molar refractivity (Wildman–Crippen MR) is 95.7 cm³/mol. The van der Waals surface area contributed by atoms with Crippen LogP contribution in [0.4, 0.5) is 23.8 Å². The van der Waals surface area contributed by atoms with E-state index in [9.17, 15) is 18.0 Å². The van der Waals surface area contributed by atoms with Gasteiger partial charge in [0.25, 0.3) is 0 Å². The molecular formula is C18H23F3N4O2. The number of fused-ring (bicyclic) bond motifs is 1. The minimum atomic E-state index is -4.46. The first-order valence-electron chi connectivity index (χ1n) is 8.71. The summed E-state index contributed by atoms with van der Waals surface area (Å²) in [5.41, 5.74) is -0.872. The highest BCUT2D eigenvalue weighted by Gasteiger charge is 2.35. The average Bonchev–Trinajstić information content (AvgIpc) is 2.94. The van der Waals surface area contributed by atoms with Crippen LogP contribution in [0.3, 0.4) is 0 Å². The second kappa shape index (κ2) is 6.61. The molecule has 3 heterocycles. The number of amides is 1. The van der Waals surface area contributed by atoms with Crippen molar-refractivity contribution in [2.75, 3.05) is 31.1 Å². The second-order valence-electron chi connectivity index (χ2n) is 7.64. The quantitative estimate of drug-likeness (QED) is 0.753. The van der Waals surface area contributed by atoms with Crippen molar-refractivity contribution in [3.8, 4) is 0 Å². The second-order valence-corrected chi connectivity index (χ2v) is 7.64. The molecule has 148 valence electrons. The molecule has 0 saturated carbocycles.